The summed E-state index contributed by atoms with van der Waals surface area (Å²) < 4.78 is 245. The van der Waals surface area contributed by atoms with E-state index < -0.39 is 78.8 Å². The quantitative estimate of drug-likeness (QED) is 0.129. The van der Waals surface area contributed by atoms with Crippen molar-refractivity contribution in [1.29, 1.82) is 0 Å². The first-order valence-electron chi connectivity index (χ1n) is 31.4. The monoisotopic (exact) mass is 1410 g/mol. The lowest BCUT2D eigenvalue weighted by Gasteiger charge is -2.47. The molecule has 6 aliphatic rings. The Kier molecular flexibility index (Phi) is 12.7. The number of nitrogens with zero attached hydrogens (tertiary/aromatic N) is 4. The SMILES string of the molecule is FC(F)(F)c1cc2c3c(c1)N(c1ccccc1)c1cc4c(cc1B3c1sc3ccc(C(F)(F)F)cc3c1O2)B1c2cc3c(cc2N(c2ccccc2)c2cc(C(F)(F)F)cc(c21)N4c1ccccc1)N(c1ccccc1)c1cc(C(F)(F)F)cc2c1B3c1sc3ccc(C(F)(F)F)cc3c1O2. The second-order valence-corrected chi connectivity index (χ2v) is 27.5. The lowest BCUT2D eigenvalue weighted by Crippen LogP contribution is -2.66. The molecule has 6 aliphatic heterocycles. The predicted octanol–water partition coefficient (Wildman–Crippen LogP) is 18.1. The van der Waals surface area contributed by atoms with Gasteiger partial charge in [0.15, 0.2) is 0 Å². The summed E-state index contributed by atoms with van der Waals surface area (Å²) in [4.78, 5) is 6.58. The number of halogens is 15. The Balaban J connectivity index is 0.963. The summed E-state index contributed by atoms with van der Waals surface area (Å²) in [5.74, 6) is -0.814. The first-order valence-corrected chi connectivity index (χ1v) is 33.0. The molecule has 13 aromatic rings. The Bertz CT molecular complexity index is 5390. The van der Waals surface area contributed by atoms with Gasteiger partial charge in [0.25, 0.3) is 20.1 Å². The third kappa shape index (κ3) is 9.11. The van der Waals surface area contributed by atoms with Crippen LogP contribution in [0.2, 0.25) is 0 Å². The number of anilines is 12. The molecule has 101 heavy (non-hydrogen) atoms. The second kappa shape index (κ2) is 20.9. The van der Waals surface area contributed by atoms with E-state index in [0.717, 1.165) is 83.3 Å². The molecule has 11 aromatic carbocycles. The number of alkyl halides is 15. The van der Waals surface area contributed by atoms with Crippen LogP contribution in [0, 0.1) is 0 Å². The smallest absolute Gasteiger partial charge is 0.416 e. The molecule has 0 bridgehead atoms. The maximum atomic E-state index is 16.3. The molecule has 0 aliphatic carbocycles. The van der Waals surface area contributed by atoms with Crippen LogP contribution < -0.4 is 76.9 Å². The van der Waals surface area contributed by atoms with E-state index in [1.165, 1.54) is 12.1 Å². The summed E-state index contributed by atoms with van der Waals surface area (Å²) >= 11 is 2.18. The minimum atomic E-state index is -5.04. The van der Waals surface area contributed by atoms with Gasteiger partial charge in [-0.05, 0) is 172 Å². The van der Waals surface area contributed by atoms with Crippen molar-refractivity contribution in [2.24, 2.45) is 0 Å². The van der Waals surface area contributed by atoms with Crippen molar-refractivity contribution in [3.8, 4) is 23.0 Å². The van der Waals surface area contributed by atoms with E-state index in [0.29, 0.717) is 69.0 Å². The topological polar surface area (TPSA) is 31.4 Å². The van der Waals surface area contributed by atoms with Gasteiger partial charge in [0.2, 0.25) is 0 Å². The largest absolute Gasteiger partial charge is 0.457 e. The van der Waals surface area contributed by atoms with Gasteiger partial charge < -0.3 is 29.1 Å². The summed E-state index contributed by atoms with van der Waals surface area (Å²) in [6.45, 7) is -3.37. The Hall–Kier alpha value is -10.7. The van der Waals surface area contributed by atoms with Crippen LogP contribution in [0.5, 0.6) is 23.0 Å². The number of para-hydroxylation sites is 4. The van der Waals surface area contributed by atoms with Crippen LogP contribution in [0.3, 0.4) is 0 Å². The number of ether oxygens (including phenoxy) is 2. The average molecular weight is 1410 g/mol. The summed E-state index contributed by atoms with van der Waals surface area (Å²) in [7, 11) is 0. The Morgan fingerprint density at radius 3 is 0.861 bits per heavy atom. The lowest BCUT2D eigenvalue weighted by atomic mass is 9.30. The highest BCUT2D eigenvalue weighted by Crippen LogP contribution is 2.54. The molecule has 0 unspecified atom stereocenters. The minimum Gasteiger partial charge on any atom is -0.457 e. The number of fused-ring (bicyclic) bond motifs is 16. The van der Waals surface area contributed by atoms with E-state index in [9.17, 15) is 26.3 Å². The summed E-state index contributed by atoms with van der Waals surface area (Å²) in [5.41, 5.74) is -0.561. The summed E-state index contributed by atoms with van der Waals surface area (Å²) in [6, 6.07) is 52.9. The van der Waals surface area contributed by atoms with E-state index in [1.54, 1.807) is 153 Å². The van der Waals surface area contributed by atoms with E-state index in [4.69, 9.17) is 9.47 Å². The van der Waals surface area contributed by atoms with Gasteiger partial charge in [-0.2, -0.15) is 65.9 Å². The van der Waals surface area contributed by atoms with E-state index in [2.05, 4.69) is 0 Å². The van der Waals surface area contributed by atoms with Gasteiger partial charge in [0.1, 0.15) is 23.0 Å². The molecule has 0 N–H and O–H groups in total. The van der Waals surface area contributed by atoms with Crippen molar-refractivity contribution in [2.45, 2.75) is 30.9 Å². The van der Waals surface area contributed by atoms with Crippen LogP contribution in [0.1, 0.15) is 27.8 Å². The predicted molar refractivity (Wildman–Crippen MR) is 368 cm³/mol. The van der Waals surface area contributed by atoms with Gasteiger partial charge in [-0.1, -0.05) is 84.9 Å². The second-order valence-electron chi connectivity index (χ2n) is 25.4. The molecule has 0 fully saturated rings. The molecule has 0 saturated carbocycles. The molecule has 2 aromatic heterocycles. The molecular weight excluding hydrogens is 1370 g/mol. The van der Waals surface area contributed by atoms with E-state index in [-0.39, 0.29) is 90.2 Å². The van der Waals surface area contributed by atoms with E-state index >= 15 is 39.5 Å². The highest BCUT2D eigenvalue weighted by Gasteiger charge is 2.54. The molecular formula is C75H36B3F15N4O2S2. The third-order valence-electron chi connectivity index (χ3n) is 19.7. The van der Waals surface area contributed by atoms with Gasteiger partial charge >= 0.3 is 30.9 Å². The maximum Gasteiger partial charge on any atom is 0.416 e. The summed E-state index contributed by atoms with van der Waals surface area (Å²) in [6.07, 6.45) is -24.8. The molecule has 26 heteroatoms. The zero-order valence-electron chi connectivity index (χ0n) is 51.1. The fourth-order valence-electron chi connectivity index (χ4n) is 15.7. The molecule has 19 rings (SSSR count). The lowest BCUT2D eigenvalue weighted by molar-refractivity contribution is -0.138. The first-order chi connectivity index (χ1) is 48.2. The number of thiophene rings is 2. The number of hydrogen-bond acceptors (Lipinski definition) is 8. The van der Waals surface area contributed by atoms with Crippen molar-refractivity contribution < 1.29 is 75.3 Å². The molecule has 8 heterocycles. The van der Waals surface area contributed by atoms with Gasteiger partial charge in [0, 0.05) is 98.0 Å². The average Bonchev–Trinajstić information content (AvgIpc) is 1.22. The van der Waals surface area contributed by atoms with Crippen LogP contribution in [-0.2, 0) is 30.9 Å². The number of benzene rings is 11. The zero-order valence-corrected chi connectivity index (χ0v) is 52.7. The van der Waals surface area contributed by atoms with E-state index in [1.807, 2.05) is 12.1 Å². The Morgan fingerprint density at radius 2 is 0.554 bits per heavy atom. The van der Waals surface area contributed by atoms with Gasteiger partial charge in [-0.15, -0.1) is 22.7 Å². The Labute approximate surface area is 571 Å². The van der Waals surface area contributed by atoms with Crippen molar-refractivity contribution >= 4 is 179 Å². The van der Waals surface area contributed by atoms with Crippen LogP contribution >= 0.6 is 22.7 Å². The van der Waals surface area contributed by atoms with Crippen LogP contribution in [-0.4, -0.2) is 20.1 Å². The van der Waals surface area contributed by atoms with Gasteiger partial charge in [-0.3, -0.25) is 0 Å². The molecule has 0 amide bonds. The zero-order chi connectivity index (χ0) is 69.5. The van der Waals surface area contributed by atoms with Crippen molar-refractivity contribution in [1.82, 2.24) is 0 Å². The summed E-state index contributed by atoms with van der Waals surface area (Å²) in [5, 5.41) is -0.0364. The van der Waals surface area contributed by atoms with Crippen LogP contribution in [0.25, 0.3) is 20.2 Å². The fraction of sp³-hybridized carbons (Fsp3) is 0.0667. The van der Waals surface area contributed by atoms with Gasteiger partial charge in [0.05, 0.1) is 27.8 Å². The first kappa shape index (κ1) is 61.4. The normalized spacial score (nSPS) is 14.7. The highest BCUT2D eigenvalue weighted by molar-refractivity contribution is 7.34. The molecule has 0 atom stereocenters. The van der Waals surface area contributed by atoms with Gasteiger partial charge in [-0.25, -0.2) is 0 Å². The minimum absolute atomic E-state index is 0.00788. The number of hydrogen-bond donors (Lipinski definition) is 0. The van der Waals surface area contributed by atoms with Crippen LogP contribution in [0.15, 0.2) is 218 Å². The molecule has 0 saturated heterocycles. The third-order valence-corrected chi connectivity index (χ3v) is 22.2. The Morgan fingerprint density at radius 1 is 0.267 bits per heavy atom. The van der Waals surface area contributed by atoms with Crippen molar-refractivity contribution in [2.75, 3.05) is 19.6 Å². The molecule has 494 valence electrons. The molecule has 0 radical (unpaired) electrons. The highest BCUT2D eigenvalue weighted by atomic mass is 32.1. The molecule has 0 spiro atoms. The van der Waals surface area contributed by atoms with Crippen molar-refractivity contribution in [3.63, 3.8) is 0 Å². The van der Waals surface area contributed by atoms with Crippen molar-refractivity contribution in [3.05, 3.63) is 246 Å². The van der Waals surface area contributed by atoms with Crippen LogP contribution in [0.4, 0.5) is 134 Å². The maximum absolute atomic E-state index is 16.3. The molecule has 6 nitrogen and oxygen atoms in total. The number of rotatable bonds is 4. The standard InChI is InChI=1S/C75H36B3F15N4O2S2/c79-71(80,81)37-21-23-62-46(25-37)67-69(100-62)77-50-33-48-52(35-54(50)96(44-17-9-3-10-18-44)58-29-40(74(88,89)90)31-60(98-67)65(58)77)94(42-13-5-1-6-14-42)56-27-39(73(85,86)87)28-57-64(56)76(48)49-34-51-55(36-53(49)95(57)43-15-7-2-8-16-43)97(45-19-11-4-12-20-45)59-30-41(75(91,92)93)32-61-66(59)78(51)70-68(99-61)47-26-38(72(82,83)84)22-24-63(47)101-70/h1-36H. The fourth-order valence-corrected chi connectivity index (χ4v) is 18.2.